The van der Waals surface area contributed by atoms with Crippen LogP contribution in [0.1, 0.15) is 86.2 Å². The van der Waals surface area contributed by atoms with E-state index >= 15 is 0 Å². The fourth-order valence-corrected chi connectivity index (χ4v) is 6.35. The fraction of sp³-hybridized carbons (Fsp3) is 0.316. The van der Waals surface area contributed by atoms with Gasteiger partial charge in [0.1, 0.15) is 5.82 Å². The van der Waals surface area contributed by atoms with Gasteiger partial charge in [0, 0.05) is 42.6 Å². The zero-order valence-electron chi connectivity index (χ0n) is 28.4. The van der Waals surface area contributed by atoms with Crippen LogP contribution in [0.2, 0.25) is 0 Å². The maximum absolute atomic E-state index is 14.6. The molecule has 4 amide bonds. The van der Waals surface area contributed by atoms with E-state index in [1.165, 1.54) is 18.5 Å². The standard InChI is InChI=1S/C19H18FN3O2.C19H21N3O2/c1-19(2)13-8-14(20)15(22-17(24)11-4-3-7-21-10-11)9-16(13)23(18(19)25)12-5-6-12;1-12(2)22-16-10-14(7-8-15(16)19(3,4)18(22)24)21-17(23)13-6-5-9-20-11-13/h3-4,7-10,12H,5-6H2,1-2H3,(H,22,24);5-12H,1-4H3,(H,21,23). The normalized spacial score (nSPS) is 16.9. The minimum atomic E-state index is -0.759. The number of nitrogens with one attached hydrogen (secondary N) is 2. The van der Waals surface area contributed by atoms with Crippen molar-refractivity contribution in [3.8, 4) is 0 Å². The summed E-state index contributed by atoms with van der Waals surface area (Å²) in [5.74, 6) is -1.13. The molecule has 49 heavy (non-hydrogen) atoms. The molecule has 2 N–H and O–H groups in total. The third-order valence-electron chi connectivity index (χ3n) is 9.24. The first-order valence-electron chi connectivity index (χ1n) is 16.3. The lowest BCUT2D eigenvalue weighted by Gasteiger charge is -2.24. The quantitative estimate of drug-likeness (QED) is 0.239. The van der Waals surface area contributed by atoms with Gasteiger partial charge in [-0.3, -0.25) is 29.1 Å². The van der Waals surface area contributed by atoms with Crippen LogP contribution in [-0.4, -0.2) is 45.7 Å². The molecule has 0 saturated heterocycles. The van der Waals surface area contributed by atoms with Crippen LogP contribution in [0.15, 0.2) is 79.4 Å². The smallest absolute Gasteiger partial charge is 0.257 e. The number of halogens is 1. The molecule has 3 aliphatic rings. The van der Waals surface area contributed by atoms with E-state index < -0.39 is 22.6 Å². The highest BCUT2D eigenvalue weighted by molar-refractivity contribution is 6.11. The molecule has 4 aromatic rings. The lowest BCUT2D eigenvalue weighted by Crippen LogP contribution is -2.40. The van der Waals surface area contributed by atoms with Gasteiger partial charge in [0.25, 0.3) is 11.8 Å². The lowest BCUT2D eigenvalue weighted by atomic mass is 9.86. The first kappa shape index (κ1) is 33.5. The summed E-state index contributed by atoms with van der Waals surface area (Å²) < 4.78 is 14.6. The molecule has 252 valence electrons. The van der Waals surface area contributed by atoms with Crippen LogP contribution in [-0.2, 0) is 20.4 Å². The van der Waals surface area contributed by atoms with Crippen molar-refractivity contribution in [1.82, 2.24) is 9.97 Å². The van der Waals surface area contributed by atoms with E-state index in [0.29, 0.717) is 28.1 Å². The fourth-order valence-electron chi connectivity index (χ4n) is 6.35. The summed E-state index contributed by atoms with van der Waals surface area (Å²) in [5.41, 5.74) is 3.48. The number of fused-ring (bicyclic) bond motifs is 2. The Bertz CT molecular complexity index is 1960. The van der Waals surface area contributed by atoms with E-state index in [9.17, 15) is 23.6 Å². The predicted molar refractivity (Wildman–Crippen MR) is 186 cm³/mol. The molecule has 2 aliphatic heterocycles. The molecule has 11 heteroatoms. The van der Waals surface area contributed by atoms with Crippen LogP contribution in [0, 0.1) is 5.82 Å². The second kappa shape index (κ2) is 12.5. The van der Waals surface area contributed by atoms with Gasteiger partial charge in [-0.1, -0.05) is 6.07 Å². The molecule has 2 aromatic heterocycles. The van der Waals surface area contributed by atoms with Gasteiger partial charge in [-0.15, -0.1) is 0 Å². The molecular weight excluding hydrogens is 623 g/mol. The predicted octanol–water partition coefficient (Wildman–Crippen LogP) is 6.63. The summed E-state index contributed by atoms with van der Waals surface area (Å²) in [6.45, 7) is 11.5. The third kappa shape index (κ3) is 6.16. The number of rotatable bonds is 6. The number of benzene rings is 2. The Kier molecular flexibility index (Phi) is 8.56. The Morgan fingerprint density at radius 3 is 1.94 bits per heavy atom. The Balaban J connectivity index is 0.000000170. The van der Waals surface area contributed by atoms with Crippen molar-refractivity contribution in [2.45, 2.75) is 77.3 Å². The van der Waals surface area contributed by atoms with Crippen molar-refractivity contribution in [1.29, 1.82) is 0 Å². The van der Waals surface area contributed by atoms with E-state index in [0.717, 1.165) is 24.1 Å². The van der Waals surface area contributed by atoms with Gasteiger partial charge in [-0.25, -0.2) is 4.39 Å². The molecule has 1 fully saturated rings. The zero-order chi connectivity index (χ0) is 35.2. The number of amides is 4. The summed E-state index contributed by atoms with van der Waals surface area (Å²) in [4.78, 5) is 61.4. The SMILES string of the molecule is CC(C)N1C(=O)C(C)(C)c2ccc(NC(=O)c3cccnc3)cc21.CC1(C)C(=O)N(C2CC2)c2cc(NC(=O)c3cccnc3)c(F)cc21. The second-order valence-corrected chi connectivity index (χ2v) is 13.9. The van der Waals surface area contributed by atoms with E-state index in [4.69, 9.17) is 0 Å². The molecule has 1 saturated carbocycles. The van der Waals surface area contributed by atoms with Gasteiger partial charge in [0.15, 0.2) is 0 Å². The van der Waals surface area contributed by atoms with Crippen LogP contribution in [0.25, 0.3) is 0 Å². The number of hydrogen-bond donors (Lipinski definition) is 2. The van der Waals surface area contributed by atoms with E-state index in [-0.39, 0.29) is 35.5 Å². The van der Waals surface area contributed by atoms with Gasteiger partial charge >= 0.3 is 0 Å². The van der Waals surface area contributed by atoms with Crippen LogP contribution in [0.3, 0.4) is 0 Å². The number of nitrogens with zero attached hydrogens (tertiary/aromatic N) is 4. The number of carbonyl (C=O) groups is 4. The Morgan fingerprint density at radius 2 is 1.39 bits per heavy atom. The Hall–Kier alpha value is -5.45. The van der Waals surface area contributed by atoms with Crippen molar-refractivity contribution in [3.63, 3.8) is 0 Å². The molecule has 1 aliphatic carbocycles. The van der Waals surface area contributed by atoms with Gasteiger partial charge in [-0.05, 0) is 114 Å². The number of pyridine rings is 2. The Morgan fingerprint density at radius 1 is 0.796 bits per heavy atom. The maximum Gasteiger partial charge on any atom is 0.257 e. The molecule has 0 spiro atoms. The lowest BCUT2D eigenvalue weighted by molar-refractivity contribution is -0.123. The molecule has 0 unspecified atom stereocenters. The van der Waals surface area contributed by atoms with Crippen molar-refractivity contribution in [2.75, 3.05) is 20.4 Å². The largest absolute Gasteiger partial charge is 0.322 e. The van der Waals surface area contributed by atoms with E-state index in [1.54, 1.807) is 52.5 Å². The minimum Gasteiger partial charge on any atom is -0.322 e. The number of aromatic nitrogens is 2. The van der Waals surface area contributed by atoms with Crippen LogP contribution in [0.5, 0.6) is 0 Å². The third-order valence-corrected chi connectivity index (χ3v) is 9.24. The maximum atomic E-state index is 14.6. The number of carbonyl (C=O) groups excluding carboxylic acids is 4. The average Bonchev–Trinajstić information content (AvgIpc) is 3.86. The first-order chi connectivity index (χ1) is 23.2. The van der Waals surface area contributed by atoms with Gasteiger partial charge < -0.3 is 20.4 Å². The van der Waals surface area contributed by atoms with E-state index in [1.807, 2.05) is 59.7 Å². The summed E-state index contributed by atoms with van der Waals surface area (Å²) in [6, 6.07) is 15.5. The topological polar surface area (TPSA) is 125 Å². The van der Waals surface area contributed by atoms with Gasteiger partial charge in [0.2, 0.25) is 11.8 Å². The van der Waals surface area contributed by atoms with Gasteiger partial charge in [0.05, 0.1) is 39.0 Å². The summed E-state index contributed by atoms with van der Waals surface area (Å²) >= 11 is 0. The highest BCUT2D eigenvalue weighted by Crippen LogP contribution is 2.48. The van der Waals surface area contributed by atoms with E-state index in [2.05, 4.69) is 20.6 Å². The monoisotopic (exact) mass is 662 g/mol. The minimum absolute atomic E-state index is 0.0138. The average molecular weight is 663 g/mol. The summed E-state index contributed by atoms with van der Waals surface area (Å²) in [5, 5.41) is 5.46. The molecule has 0 bridgehead atoms. The molecule has 7 rings (SSSR count). The first-order valence-corrected chi connectivity index (χ1v) is 16.3. The highest BCUT2D eigenvalue weighted by atomic mass is 19.1. The molecule has 0 radical (unpaired) electrons. The molecule has 4 heterocycles. The van der Waals surface area contributed by atoms with Crippen molar-refractivity contribution >= 4 is 46.4 Å². The number of hydrogen-bond acceptors (Lipinski definition) is 6. The van der Waals surface area contributed by atoms with Crippen molar-refractivity contribution in [2.24, 2.45) is 0 Å². The van der Waals surface area contributed by atoms with Crippen molar-refractivity contribution < 1.29 is 23.6 Å². The zero-order valence-corrected chi connectivity index (χ0v) is 28.4. The summed E-state index contributed by atoms with van der Waals surface area (Å²) in [7, 11) is 0. The second-order valence-electron chi connectivity index (χ2n) is 13.9. The number of anilines is 4. The van der Waals surface area contributed by atoms with Gasteiger partial charge in [-0.2, -0.15) is 0 Å². The Labute approximate surface area is 284 Å². The molecule has 0 atom stereocenters. The van der Waals surface area contributed by atoms with Crippen molar-refractivity contribution in [3.05, 3.63) is 107 Å². The highest BCUT2D eigenvalue weighted by Gasteiger charge is 2.49. The molecule has 10 nitrogen and oxygen atoms in total. The van der Waals surface area contributed by atoms with Crippen LogP contribution < -0.4 is 20.4 Å². The molecular formula is C38H39FN6O4. The van der Waals surface area contributed by atoms with Crippen LogP contribution in [0.4, 0.5) is 27.1 Å². The van der Waals surface area contributed by atoms with Crippen LogP contribution >= 0.6 is 0 Å². The molecule has 2 aromatic carbocycles. The summed E-state index contributed by atoms with van der Waals surface area (Å²) in [6.07, 6.45) is 8.04.